The second-order valence-electron chi connectivity index (χ2n) is 4.93. The van der Waals surface area contributed by atoms with Gasteiger partial charge in [-0.15, -0.1) is 0 Å². The average Bonchev–Trinajstić information content (AvgIpc) is 2.97. The van der Waals surface area contributed by atoms with Crippen molar-refractivity contribution in [2.45, 2.75) is 0 Å². The number of pyridine rings is 1. The van der Waals surface area contributed by atoms with E-state index in [4.69, 9.17) is 11.6 Å². The summed E-state index contributed by atoms with van der Waals surface area (Å²) in [6.45, 7) is 0. The topological polar surface area (TPSA) is 65.1 Å². The number of aryl methyl sites for hydroxylation is 1. The Hall–Kier alpha value is -2.73. The molecule has 0 aliphatic rings. The van der Waals surface area contributed by atoms with E-state index < -0.39 is 0 Å². The first-order valence-corrected chi connectivity index (χ1v) is 6.98. The summed E-state index contributed by atoms with van der Waals surface area (Å²) in [5.74, 6) is 0.440. The SMILES string of the molecule is Cn1ccc2nc3ncnn3c(-c3cccc(Cl)c3)c2c1=O. The summed E-state index contributed by atoms with van der Waals surface area (Å²) >= 11 is 6.10. The lowest BCUT2D eigenvalue weighted by Gasteiger charge is -2.09. The second-order valence-corrected chi connectivity index (χ2v) is 5.37. The highest BCUT2D eigenvalue weighted by molar-refractivity contribution is 6.30. The van der Waals surface area contributed by atoms with E-state index in [1.54, 1.807) is 36.0 Å². The molecule has 0 unspecified atom stereocenters. The molecule has 0 fully saturated rings. The summed E-state index contributed by atoms with van der Waals surface area (Å²) in [4.78, 5) is 21.1. The lowest BCUT2D eigenvalue weighted by atomic mass is 10.1. The van der Waals surface area contributed by atoms with E-state index in [2.05, 4.69) is 15.1 Å². The molecule has 3 aromatic heterocycles. The zero-order valence-corrected chi connectivity index (χ0v) is 12.3. The van der Waals surface area contributed by atoms with Gasteiger partial charge in [0.2, 0.25) is 0 Å². The Bertz CT molecular complexity index is 1080. The number of nitrogens with zero attached hydrogens (tertiary/aromatic N) is 5. The molecule has 0 saturated carbocycles. The zero-order chi connectivity index (χ0) is 15.3. The number of benzene rings is 1. The van der Waals surface area contributed by atoms with Crippen molar-refractivity contribution in [1.82, 2.24) is 24.1 Å². The van der Waals surface area contributed by atoms with Gasteiger partial charge in [-0.05, 0) is 18.2 Å². The van der Waals surface area contributed by atoms with Crippen molar-refractivity contribution >= 4 is 28.3 Å². The summed E-state index contributed by atoms with van der Waals surface area (Å²) in [5.41, 5.74) is 1.87. The first-order chi connectivity index (χ1) is 10.6. The maximum absolute atomic E-state index is 12.6. The zero-order valence-electron chi connectivity index (χ0n) is 11.6. The predicted molar refractivity (Wildman–Crippen MR) is 84.0 cm³/mol. The highest BCUT2D eigenvalue weighted by atomic mass is 35.5. The largest absolute Gasteiger partial charge is 0.318 e. The lowest BCUT2D eigenvalue weighted by Crippen LogP contribution is -2.18. The Morgan fingerprint density at radius 3 is 2.91 bits per heavy atom. The minimum Gasteiger partial charge on any atom is -0.318 e. The van der Waals surface area contributed by atoms with Crippen LogP contribution in [0.25, 0.3) is 27.9 Å². The van der Waals surface area contributed by atoms with Crippen LogP contribution in [0.3, 0.4) is 0 Å². The van der Waals surface area contributed by atoms with E-state index in [-0.39, 0.29) is 5.56 Å². The van der Waals surface area contributed by atoms with Crippen LogP contribution in [-0.2, 0) is 7.05 Å². The Morgan fingerprint density at radius 1 is 1.23 bits per heavy atom. The van der Waals surface area contributed by atoms with E-state index in [0.29, 0.717) is 27.4 Å². The maximum atomic E-state index is 12.6. The van der Waals surface area contributed by atoms with E-state index in [9.17, 15) is 4.79 Å². The Labute approximate surface area is 129 Å². The Kier molecular flexibility index (Phi) is 2.74. The van der Waals surface area contributed by atoms with Crippen molar-refractivity contribution in [3.63, 3.8) is 0 Å². The molecule has 1 aromatic carbocycles. The second kappa shape index (κ2) is 4.64. The van der Waals surface area contributed by atoms with Gasteiger partial charge < -0.3 is 4.57 Å². The number of hydrogen-bond acceptors (Lipinski definition) is 4. The summed E-state index contributed by atoms with van der Waals surface area (Å²) in [5, 5.41) is 5.27. The molecule has 0 bridgehead atoms. The van der Waals surface area contributed by atoms with Gasteiger partial charge in [0, 0.05) is 23.8 Å². The van der Waals surface area contributed by atoms with Crippen LogP contribution < -0.4 is 5.56 Å². The molecule has 22 heavy (non-hydrogen) atoms. The van der Waals surface area contributed by atoms with Gasteiger partial charge in [-0.2, -0.15) is 14.6 Å². The number of rotatable bonds is 1. The van der Waals surface area contributed by atoms with Gasteiger partial charge in [-0.1, -0.05) is 23.7 Å². The van der Waals surface area contributed by atoms with Gasteiger partial charge in [0.15, 0.2) is 0 Å². The summed E-state index contributed by atoms with van der Waals surface area (Å²) in [6, 6.07) is 9.09. The first kappa shape index (κ1) is 13.0. The van der Waals surface area contributed by atoms with Crippen LogP contribution in [-0.4, -0.2) is 24.1 Å². The van der Waals surface area contributed by atoms with E-state index in [1.165, 1.54) is 10.9 Å². The van der Waals surface area contributed by atoms with Crippen LogP contribution in [0.15, 0.2) is 47.7 Å². The molecule has 0 radical (unpaired) electrons. The van der Waals surface area contributed by atoms with Gasteiger partial charge in [0.25, 0.3) is 11.3 Å². The average molecular weight is 312 g/mol. The molecule has 0 atom stereocenters. The number of fused-ring (bicyclic) bond motifs is 2. The van der Waals surface area contributed by atoms with Crippen LogP contribution in [0.1, 0.15) is 0 Å². The van der Waals surface area contributed by atoms with Crippen molar-refractivity contribution in [2.75, 3.05) is 0 Å². The monoisotopic (exact) mass is 311 g/mol. The highest BCUT2D eigenvalue weighted by Gasteiger charge is 2.16. The Balaban J connectivity index is 2.28. The summed E-state index contributed by atoms with van der Waals surface area (Å²) in [7, 11) is 1.70. The Morgan fingerprint density at radius 2 is 2.09 bits per heavy atom. The van der Waals surface area contributed by atoms with Crippen LogP contribution in [0.2, 0.25) is 5.02 Å². The molecule has 7 heteroatoms. The molecular formula is C15H10ClN5O. The van der Waals surface area contributed by atoms with Crippen molar-refractivity contribution in [3.8, 4) is 11.3 Å². The van der Waals surface area contributed by atoms with Crippen molar-refractivity contribution in [2.24, 2.45) is 7.05 Å². The van der Waals surface area contributed by atoms with Gasteiger partial charge in [0.05, 0.1) is 16.6 Å². The van der Waals surface area contributed by atoms with Crippen LogP contribution in [0.5, 0.6) is 0 Å². The molecule has 0 spiro atoms. The van der Waals surface area contributed by atoms with Crippen molar-refractivity contribution < 1.29 is 0 Å². The third-order valence-electron chi connectivity index (χ3n) is 3.54. The number of halogens is 1. The fourth-order valence-electron chi connectivity index (χ4n) is 2.52. The molecule has 0 aliphatic carbocycles. The number of aromatic nitrogens is 5. The minimum atomic E-state index is -0.141. The van der Waals surface area contributed by atoms with E-state index >= 15 is 0 Å². The summed E-state index contributed by atoms with van der Waals surface area (Å²) < 4.78 is 3.08. The van der Waals surface area contributed by atoms with Crippen LogP contribution in [0, 0.1) is 0 Å². The third-order valence-corrected chi connectivity index (χ3v) is 3.78. The maximum Gasteiger partial charge on any atom is 0.261 e. The van der Waals surface area contributed by atoms with Crippen molar-refractivity contribution in [1.29, 1.82) is 0 Å². The molecule has 108 valence electrons. The van der Waals surface area contributed by atoms with Gasteiger partial charge >= 0.3 is 0 Å². The molecular weight excluding hydrogens is 302 g/mol. The highest BCUT2D eigenvalue weighted by Crippen LogP contribution is 2.27. The normalized spacial score (nSPS) is 11.4. The molecule has 4 aromatic rings. The van der Waals surface area contributed by atoms with Crippen LogP contribution >= 0.6 is 11.6 Å². The fraction of sp³-hybridized carbons (Fsp3) is 0.0667. The minimum absolute atomic E-state index is 0.141. The third kappa shape index (κ3) is 1.81. The van der Waals surface area contributed by atoms with E-state index in [1.807, 2.05) is 12.1 Å². The van der Waals surface area contributed by atoms with Gasteiger partial charge in [0.1, 0.15) is 6.33 Å². The molecule has 0 saturated heterocycles. The number of hydrogen-bond donors (Lipinski definition) is 0. The standard InChI is InChI=1S/C15H10ClN5O/c1-20-6-5-11-12(14(20)22)13(9-3-2-4-10(16)7-9)21-15(19-11)17-8-18-21/h2-8H,1H3. The van der Waals surface area contributed by atoms with Gasteiger partial charge in [-0.3, -0.25) is 4.79 Å². The van der Waals surface area contributed by atoms with Crippen molar-refractivity contribution in [3.05, 3.63) is 58.2 Å². The molecule has 3 heterocycles. The predicted octanol–water partition coefficient (Wildman–Crippen LogP) is 2.30. The smallest absolute Gasteiger partial charge is 0.261 e. The molecule has 0 N–H and O–H groups in total. The molecule has 6 nitrogen and oxygen atoms in total. The lowest BCUT2D eigenvalue weighted by molar-refractivity contribution is 0.867. The van der Waals surface area contributed by atoms with Gasteiger partial charge in [-0.25, -0.2) is 4.98 Å². The molecule has 0 amide bonds. The van der Waals surface area contributed by atoms with E-state index in [0.717, 1.165) is 5.56 Å². The first-order valence-electron chi connectivity index (χ1n) is 6.60. The quantitative estimate of drug-likeness (QED) is 0.541. The summed E-state index contributed by atoms with van der Waals surface area (Å²) in [6.07, 6.45) is 3.10. The fourth-order valence-corrected chi connectivity index (χ4v) is 2.71. The molecule has 4 rings (SSSR count). The van der Waals surface area contributed by atoms with Crippen LogP contribution in [0.4, 0.5) is 0 Å². The molecule has 0 aliphatic heterocycles.